The first-order chi connectivity index (χ1) is 7.65. The van der Waals surface area contributed by atoms with Gasteiger partial charge in [-0.2, -0.15) is 0 Å². The molecule has 0 aromatic carbocycles. The molecule has 92 valence electrons. The first-order valence-electron chi connectivity index (χ1n) is 6.51. The highest BCUT2D eigenvalue weighted by atomic mass is 35.5. The lowest BCUT2D eigenvalue weighted by Gasteiger charge is -2.28. The van der Waals surface area contributed by atoms with E-state index in [2.05, 4.69) is 11.8 Å². The maximum Gasteiger partial charge on any atom is 0.228 e. The van der Waals surface area contributed by atoms with Crippen LogP contribution in [0.3, 0.4) is 0 Å². The highest BCUT2D eigenvalue weighted by molar-refractivity contribution is 6.17. The number of likely N-dealkylation sites (tertiary alicyclic amines) is 1. The van der Waals surface area contributed by atoms with Crippen LogP contribution in [0.2, 0.25) is 0 Å². The van der Waals surface area contributed by atoms with Crippen LogP contribution in [0.1, 0.15) is 45.4 Å². The van der Waals surface area contributed by atoms with Gasteiger partial charge >= 0.3 is 0 Å². The van der Waals surface area contributed by atoms with Gasteiger partial charge in [0.2, 0.25) is 5.91 Å². The van der Waals surface area contributed by atoms with Gasteiger partial charge in [0.25, 0.3) is 0 Å². The predicted molar refractivity (Wildman–Crippen MR) is 66.6 cm³/mol. The van der Waals surface area contributed by atoms with Gasteiger partial charge in [0.05, 0.1) is 0 Å². The van der Waals surface area contributed by atoms with Gasteiger partial charge in [-0.05, 0) is 31.6 Å². The Kier molecular flexibility index (Phi) is 3.78. The van der Waals surface area contributed by atoms with E-state index in [0.717, 1.165) is 44.7 Å². The normalized spacial score (nSPS) is 28.6. The van der Waals surface area contributed by atoms with Crippen molar-refractivity contribution in [3.63, 3.8) is 0 Å². The second-order valence-electron chi connectivity index (χ2n) is 5.65. The van der Waals surface area contributed by atoms with Gasteiger partial charge in [0, 0.05) is 24.4 Å². The monoisotopic (exact) mass is 243 g/mol. The summed E-state index contributed by atoms with van der Waals surface area (Å²) >= 11 is 5.76. The van der Waals surface area contributed by atoms with Crippen LogP contribution in [0.15, 0.2) is 0 Å². The fraction of sp³-hybridized carbons (Fsp3) is 0.923. The number of hydrogen-bond donors (Lipinski definition) is 0. The van der Waals surface area contributed by atoms with Crippen molar-refractivity contribution in [2.75, 3.05) is 19.0 Å². The van der Waals surface area contributed by atoms with Gasteiger partial charge in [0.15, 0.2) is 0 Å². The van der Waals surface area contributed by atoms with Gasteiger partial charge in [-0.3, -0.25) is 4.79 Å². The molecule has 1 amide bonds. The van der Waals surface area contributed by atoms with Gasteiger partial charge in [-0.15, -0.1) is 11.6 Å². The minimum Gasteiger partial charge on any atom is -0.342 e. The smallest absolute Gasteiger partial charge is 0.228 e. The SMILES string of the molecule is CC1(C(=O)N2CCC(CCCl)C2)CCCC1. The van der Waals surface area contributed by atoms with Crippen molar-refractivity contribution in [3.05, 3.63) is 0 Å². The summed E-state index contributed by atoms with van der Waals surface area (Å²) in [5.74, 6) is 1.78. The lowest BCUT2D eigenvalue weighted by atomic mass is 9.87. The van der Waals surface area contributed by atoms with E-state index < -0.39 is 0 Å². The molecule has 16 heavy (non-hydrogen) atoms. The minimum absolute atomic E-state index is 0.0458. The highest BCUT2D eigenvalue weighted by Gasteiger charge is 2.40. The Hall–Kier alpha value is -0.240. The average Bonchev–Trinajstić information content (AvgIpc) is 2.88. The zero-order valence-corrected chi connectivity index (χ0v) is 10.9. The molecule has 0 spiro atoms. The average molecular weight is 244 g/mol. The summed E-state index contributed by atoms with van der Waals surface area (Å²) in [4.78, 5) is 14.5. The summed E-state index contributed by atoms with van der Waals surface area (Å²) in [6.45, 7) is 4.05. The Labute approximate surface area is 103 Å². The lowest BCUT2D eigenvalue weighted by molar-refractivity contribution is -0.140. The Morgan fingerprint density at radius 2 is 2.12 bits per heavy atom. The van der Waals surface area contributed by atoms with Gasteiger partial charge in [-0.25, -0.2) is 0 Å². The molecular formula is C13H22ClNO. The summed E-state index contributed by atoms with van der Waals surface area (Å²) in [5, 5.41) is 0. The Morgan fingerprint density at radius 3 is 2.75 bits per heavy atom. The van der Waals surface area contributed by atoms with E-state index in [1.165, 1.54) is 12.8 Å². The molecule has 1 saturated carbocycles. The molecule has 1 unspecified atom stereocenters. The summed E-state index contributed by atoms with van der Waals surface area (Å²) in [5.41, 5.74) is -0.0458. The minimum atomic E-state index is -0.0458. The van der Waals surface area contributed by atoms with Crippen LogP contribution in [-0.2, 0) is 4.79 Å². The molecule has 2 rings (SSSR count). The number of nitrogens with zero attached hydrogens (tertiary/aromatic N) is 1. The number of alkyl halides is 1. The first-order valence-corrected chi connectivity index (χ1v) is 7.04. The number of carbonyl (C=O) groups excluding carboxylic acids is 1. The molecule has 0 radical (unpaired) electrons. The Balaban J connectivity index is 1.91. The van der Waals surface area contributed by atoms with Crippen molar-refractivity contribution >= 4 is 17.5 Å². The van der Waals surface area contributed by atoms with Crippen LogP contribution in [0.5, 0.6) is 0 Å². The van der Waals surface area contributed by atoms with Crippen LogP contribution >= 0.6 is 11.6 Å². The van der Waals surface area contributed by atoms with Crippen LogP contribution in [0.4, 0.5) is 0 Å². The zero-order valence-electron chi connectivity index (χ0n) is 10.2. The largest absolute Gasteiger partial charge is 0.342 e. The Bertz CT molecular complexity index is 261. The fourth-order valence-electron chi connectivity index (χ4n) is 3.16. The van der Waals surface area contributed by atoms with E-state index in [-0.39, 0.29) is 5.41 Å². The molecule has 2 nitrogen and oxygen atoms in total. The van der Waals surface area contributed by atoms with Gasteiger partial charge in [-0.1, -0.05) is 19.8 Å². The number of amides is 1. The van der Waals surface area contributed by atoms with Crippen molar-refractivity contribution in [2.24, 2.45) is 11.3 Å². The third-order valence-corrected chi connectivity index (χ3v) is 4.53. The van der Waals surface area contributed by atoms with E-state index in [1.807, 2.05) is 0 Å². The molecule has 3 heteroatoms. The van der Waals surface area contributed by atoms with Crippen molar-refractivity contribution < 1.29 is 4.79 Å². The van der Waals surface area contributed by atoms with Gasteiger partial charge < -0.3 is 4.90 Å². The summed E-state index contributed by atoms with van der Waals surface area (Å²) in [6.07, 6.45) is 6.82. The molecule has 1 aliphatic carbocycles. The zero-order chi connectivity index (χ0) is 11.6. The summed E-state index contributed by atoms with van der Waals surface area (Å²) < 4.78 is 0. The third-order valence-electron chi connectivity index (χ3n) is 4.31. The summed E-state index contributed by atoms with van der Waals surface area (Å²) in [6, 6.07) is 0. The standard InChI is InChI=1S/C13H22ClNO/c1-13(6-2-3-7-13)12(16)15-9-5-11(10-15)4-8-14/h11H,2-10H2,1H3. The molecule has 1 heterocycles. The molecule has 0 aromatic heterocycles. The van der Waals surface area contributed by atoms with Crippen LogP contribution < -0.4 is 0 Å². The topological polar surface area (TPSA) is 20.3 Å². The predicted octanol–water partition coefficient (Wildman–Crippen LogP) is 3.04. The maximum absolute atomic E-state index is 12.4. The highest BCUT2D eigenvalue weighted by Crippen LogP contribution is 2.40. The van der Waals surface area contributed by atoms with E-state index in [4.69, 9.17) is 11.6 Å². The van der Waals surface area contributed by atoms with Crippen molar-refractivity contribution in [3.8, 4) is 0 Å². The van der Waals surface area contributed by atoms with Gasteiger partial charge in [0.1, 0.15) is 0 Å². The van der Waals surface area contributed by atoms with E-state index in [0.29, 0.717) is 11.8 Å². The molecule has 1 saturated heterocycles. The molecular weight excluding hydrogens is 222 g/mol. The number of carbonyl (C=O) groups is 1. The Morgan fingerprint density at radius 1 is 1.44 bits per heavy atom. The molecule has 0 bridgehead atoms. The molecule has 2 fully saturated rings. The van der Waals surface area contributed by atoms with Crippen molar-refractivity contribution in [1.29, 1.82) is 0 Å². The molecule has 1 atom stereocenters. The molecule has 2 aliphatic rings. The van der Waals surface area contributed by atoms with Crippen LogP contribution in [0.25, 0.3) is 0 Å². The number of rotatable bonds is 3. The van der Waals surface area contributed by atoms with E-state index >= 15 is 0 Å². The molecule has 1 aliphatic heterocycles. The van der Waals surface area contributed by atoms with Crippen molar-refractivity contribution in [2.45, 2.75) is 45.4 Å². The second kappa shape index (κ2) is 4.95. The van der Waals surface area contributed by atoms with E-state index in [1.54, 1.807) is 0 Å². The lowest BCUT2D eigenvalue weighted by Crippen LogP contribution is -2.39. The van der Waals surface area contributed by atoms with Crippen molar-refractivity contribution in [1.82, 2.24) is 4.90 Å². The summed E-state index contributed by atoms with van der Waals surface area (Å²) in [7, 11) is 0. The second-order valence-corrected chi connectivity index (χ2v) is 6.03. The van der Waals surface area contributed by atoms with Crippen LogP contribution in [0, 0.1) is 11.3 Å². The molecule has 0 aromatic rings. The fourth-order valence-corrected chi connectivity index (χ4v) is 3.47. The number of halogens is 1. The third kappa shape index (κ3) is 2.37. The number of hydrogen-bond acceptors (Lipinski definition) is 1. The van der Waals surface area contributed by atoms with Crippen LogP contribution in [-0.4, -0.2) is 29.8 Å². The maximum atomic E-state index is 12.4. The van der Waals surface area contributed by atoms with E-state index in [9.17, 15) is 4.79 Å². The molecule has 0 N–H and O–H groups in total. The quantitative estimate of drug-likeness (QED) is 0.698. The first kappa shape index (κ1) is 12.2.